The molecule has 0 atom stereocenters. The molecule has 1 aromatic carbocycles. The Kier molecular flexibility index (Phi) is 5.02. The van der Waals surface area contributed by atoms with E-state index in [9.17, 15) is 13.6 Å². The first-order valence-corrected chi connectivity index (χ1v) is 6.76. The highest BCUT2D eigenvalue weighted by atomic mass is 19.1. The summed E-state index contributed by atoms with van der Waals surface area (Å²) in [4.78, 5) is 11.8. The summed E-state index contributed by atoms with van der Waals surface area (Å²) in [5.74, 6) is -1.94. The second-order valence-electron chi connectivity index (χ2n) is 4.97. The summed E-state index contributed by atoms with van der Waals surface area (Å²) in [6, 6.07) is 2.98. The number of halogens is 2. The van der Waals surface area contributed by atoms with Gasteiger partial charge in [-0.15, -0.1) is 0 Å². The molecule has 19 heavy (non-hydrogen) atoms. The molecule has 1 aromatic rings. The van der Waals surface area contributed by atoms with Crippen LogP contribution in [-0.2, 0) is 4.74 Å². The number of hydrogen-bond donors (Lipinski definition) is 0. The molecular formula is C15H18F2O2. The van der Waals surface area contributed by atoms with Gasteiger partial charge in [-0.3, -0.25) is 4.79 Å². The van der Waals surface area contributed by atoms with Crippen LogP contribution in [0.15, 0.2) is 18.2 Å². The van der Waals surface area contributed by atoms with E-state index in [0.29, 0.717) is 0 Å². The Bertz CT molecular complexity index is 438. The molecule has 104 valence electrons. The highest BCUT2D eigenvalue weighted by Crippen LogP contribution is 2.20. The molecule has 1 saturated carbocycles. The van der Waals surface area contributed by atoms with Gasteiger partial charge < -0.3 is 4.74 Å². The Labute approximate surface area is 111 Å². The third kappa shape index (κ3) is 4.10. The molecule has 0 amide bonds. The maximum absolute atomic E-state index is 13.4. The van der Waals surface area contributed by atoms with Crippen molar-refractivity contribution < 1.29 is 18.3 Å². The van der Waals surface area contributed by atoms with Crippen LogP contribution in [-0.4, -0.2) is 18.5 Å². The second-order valence-corrected chi connectivity index (χ2v) is 4.97. The van der Waals surface area contributed by atoms with Crippen molar-refractivity contribution in [2.75, 3.05) is 6.61 Å². The highest BCUT2D eigenvalue weighted by molar-refractivity contribution is 5.97. The number of benzene rings is 1. The zero-order valence-corrected chi connectivity index (χ0v) is 10.8. The van der Waals surface area contributed by atoms with Crippen LogP contribution >= 0.6 is 0 Å². The normalized spacial score (nSPS) is 17.2. The SMILES string of the molecule is O=C(COC1CCCCCC1)c1ccc(F)cc1F. The van der Waals surface area contributed by atoms with E-state index in [-0.39, 0.29) is 18.3 Å². The third-order valence-electron chi connectivity index (χ3n) is 3.48. The number of ketones is 1. The van der Waals surface area contributed by atoms with Crippen molar-refractivity contribution in [1.82, 2.24) is 0 Å². The van der Waals surface area contributed by atoms with E-state index in [2.05, 4.69) is 0 Å². The predicted octanol–water partition coefficient (Wildman–Crippen LogP) is 3.89. The topological polar surface area (TPSA) is 26.3 Å². The first kappa shape index (κ1) is 14.1. The largest absolute Gasteiger partial charge is 0.370 e. The smallest absolute Gasteiger partial charge is 0.191 e. The minimum absolute atomic E-state index is 0.0926. The van der Waals surface area contributed by atoms with Crippen LogP contribution in [0.25, 0.3) is 0 Å². The van der Waals surface area contributed by atoms with Gasteiger partial charge in [-0.2, -0.15) is 0 Å². The van der Waals surface area contributed by atoms with Gasteiger partial charge in [0, 0.05) is 6.07 Å². The molecule has 0 aliphatic heterocycles. The number of carbonyl (C=O) groups excluding carboxylic acids is 1. The van der Waals surface area contributed by atoms with Crippen molar-refractivity contribution in [1.29, 1.82) is 0 Å². The van der Waals surface area contributed by atoms with Gasteiger partial charge in [-0.1, -0.05) is 25.7 Å². The van der Waals surface area contributed by atoms with E-state index in [1.54, 1.807) is 0 Å². The monoisotopic (exact) mass is 268 g/mol. The Morgan fingerprint density at radius 1 is 1.16 bits per heavy atom. The summed E-state index contributed by atoms with van der Waals surface area (Å²) in [7, 11) is 0. The average molecular weight is 268 g/mol. The van der Waals surface area contributed by atoms with Gasteiger partial charge in [-0.05, 0) is 25.0 Å². The maximum atomic E-state index is 13.4. The lowest BCUT2D eigenvalue weighted by molar-refractivity contribution is 0.0386. The molecule has 0 radical (unpaired) electrons. The van der Waals surface area contributed by atoms with Gasteiger partial charge in [0.1, 0.15) is 18.2 Å². The molecule has 1 aliphatic carbocycles. The van der Waals surface area contributed by atoms with Crippen LogP contribution in [0.3, 0.4) is 0 Å². The number of ether oxygens (including phenoxy) is 1. The van der Waals surface area contributed by atoms with E-state index in [4.69, 9.17) is 4.74 Å². The van der Waals surface area contributed by atoms with Crippen LogP contribution in [0.5, 0.6) is 0 Å². The van der Waals surface area contributed by atoms with Crippen LogP contribution in [0.2, 0.25) is 0 Å². The fraction of sp³-hybridized carbons (Fsp3) is 0.533. The zero-order valence-electron chi connectivity index (χ0n) is 10.8. The molecular weight excluding hydrogens is 250 g/mol. The van der Waals surface area contributed by atoms with Crippen LogP contribution in [0.1, 0.15) is 48.9 Å². The molecule has 0 aromatic heterocycles. The summed E-state index contributed by atoms with van der Waals surface area (Å²) < 4.78 is 31.7. The van der Waals surface area contributed by atoms with Crippen LogP contribution in [0, 0.1) is 11.6 Å². The van der Waals surface area contributed by atoms with Crippen LogP contribution in [0.4, 0.5) is 8.78 Å². The molecule has 1 fully saturated rings. The summed E-state index contributed by atoms with van der Waals surface area (Å²) >= 11 is 0. The lowest BCUT2D eigenvalue weighted by atomic mass is 10.1. The molecule has 4 heteroatoms. The van der Waals surface area contributed by atoms with Crippen molar-refractivity contribution >= 4 is 5.78 Å². The number of rotatable bonds is 4. The van der Waals surface area contributed by atoms with E-state index in [1.165, 1.54) is 18.9 Å². The Hall–Kier alpha value is -1.29. The summed E-state index contributed by atoms with van der Waals surface area (Å²) in [5.41, 5.74) is -0.102. The lowest BCUT2D eigenvalue weighted by Crippen LogP contribution is -2.18. The Morgan fingerprint density at radius 2 is 1.84 bits per heavy atom. The van der Waals surface area contributed by atoms with Gasteiger partial charge in [0.15, 0.2) is 5.78 Å². The molecule has 2 rings (SSSR count). The van der Waals surface area contributed by atoms with Crippen molar-refractivity contribution in [3.63, 3.8) is 0 Å². The first-order chi connectivity index (χ1) is 9.16. The summed E-state index contributed by atoms with van der Waals surface area (Å²) in [6.45, 7) is -0.132. The van der Waals surface area contributed by atoms with Gasteiger partial charge >= 0.3 is 0 Å². The Balaban J connectivity index is 1.89. The van der Waals surface area contributed by atoms with E-state index >= 15 is 0 Å². The molecule has 0 spiro atoms. The molecule has 1 aliphatic rings. The van der Waals surface area contributed by atoms with Gasteiger partial charge in [-0.25, -0.2) is 8.78 Å². The van der Waals surface area contributed by atoms with Crippen molar-refractivity contribution in [3.8, 4) is 0 Å². The first-order valence-electron chi connectivity index (χ1n) is 6.76. The molecule has 0 bridgehead atoms. The lowest BCUT2D eigenvalue weighted by Gasteiger charge is -2.14. The third-order valence-corrected chi connectivity index (χ3v) is 3.48. The number of hydrogen-bond acceptors (Lipinski definition) is 2. The minimum atomic E-state index is -0.825. The van der Waals surface area contributed by atoms with E-state index in [1.807, 2.05) is 0 Å². The van der Waals surface area contributed by atoms with Gasteiger partial charge in [0.25, 0.3) is 0 Å². The molecule has 0 saturated heterocycles. The molecule has 0 heterocycles. The average Bonchev–Trinajstić information content (AvgIpc) is 2.64. The highest BCUT2D eigenvalue weighted by Gasteiger charge is 2.17. The fourth-order valence-electron chi connectivity index (χ4n) is 2.40. The number of carbonyl (C=O) groups is 1. The maximum Gasteiger partial charge on any atom is 0.191 e. The second kappa shape index (κ2) is 6.75. The van der Waals surface area contributed by atoms with Gasteiger partial charge in [0.05, 0.1) is 11.7 Å². The fourth-order valence-corrected chi connectivity index (χ4v) is 2.40. The van der Waals surface area contributed by atoms with E-state index < -0.39 is 17.4 Å². The van der Waals surface area contributed by atoms with E-state index in [0.717, 1.165) is 37.8 Å². The molecule has 0 N–H and O–H groups in total. The molecule has 0 unspecified atom stereocenters. The standard InChI is InChI=1S/C15H18F2O2/c16-11-7-8-13(14(17)9-11)15(18)10-19-12-5-3-1-2-4-6-12/h7-9,12H,1-6,10H2. The van der Waals surface area contributed by atoms with Crippen molar-refractivity contribution in [2.45, 2.75) is 44.6 Å². The predicted molar refractivity (Wildman–Crippen MR) is 68.1 cm³/mol. The van der Waals surface area contributed by atoms with Gasteiger partial charge in [0.2, 0.25) is 0 Å². The minimum Gasteiger partial charge on any atom is -0.370 e. The van der Waals surface area contributed by atoms with Crippen LogP contribution < -0.4 is 0 Å². The summed E-state index contributed by atoms with van der Waals surface area (Å²) in [6.07, 6.45) is 6.65. The quantitative estimate of drug-likeness (QED) is 0.611. The molecule has 2 nitrogen and oxygen atoms in total. The summed E-state index contributed by atoms with van der Waals surface area (Å²) in [5, 5.41) is 0. The van der Waals surface area contributed by atoms with Crippen molar-refractivity contribution in [3.05, 3.63) is 35.4 Å². The van der Waals surface area contributed by atoms with Crippen molar-refractivity contribution in [2.24, 2.45) is 0 Å². The zero-order chi connectivity index (χ0) is 13.7. The Morgan fingerprint density at radius 3 is 2.47 bits per heavy atom. The number of Topliss-reactive ketones (excluding diaryl/α,β-unsaturated/α-hetero) is 1.